The summed E-state index contributed by atoms with van der Waals surface area (Å²) in [7, 11) is 0. The molecule has 0 spiro atoms. The summed E-state index contributed by atoms with van der Waals surface area (Å²) >= 11 is 5.84. The van der Waals surface area contributed by atoms with E-state index < -0.39 is 5.60 Å². The number of ether oxygens (including phenoxy) is 1. The lowest BCUT2D eigenvalue weighted by molar-refractivity contribution is 0.0228. The molecule has 0 aromatic carbocycles. The van der Waals surface area contributed by atoms with Crippen LogP contribution in [0.2, 0.25) is 5.15 Å². The first kappa shape index (κ1) is 14.4. The van der Waals surface area contributed by atoms with Crippen molar-refractivity contribution in [3.63, 3.8) is 0 Å². The Morgan fingerprint density at radius 1 is 1.38 bits per heavy atom. The minimum Gasteiger partial charge on any atom is -0.444 e. The van der Waals surface area contributed by atoms with E-state index in [9.17, 15) is 4.79 Å². The van der Waals surface area contributed by atoms with E-state index in [1.165, 1.54) is 0 Å². The highest BCUT2D eigenvalue weighted by molar-refractivity contribution is 6.29. The van der Waals surface area contributed by atoms with Crippen LogP contribution in [-0.4, -0.2) is 33.7 Å². The minimum absolute atomic E-state index is 0.0489. The standard InChI is InChI=1S/C16H19ClN2O2/c1-16(2,3)21-15(20)19-11-5-6-13(19)12(8-11)10-4-7-14(17)18-9-10/h4-7,9,11-13H,8H2,1-3H3/t11-,12?,13+/m0/s1. The summed E-state index contributed by atoms with van der Waals surface area (Å²) < 4.78 is 5.52. The summed E-state index contributed by atoms with van der Waals surface area (Å²) in [6.45, 7) is 5.66. The van der Waals surface area contributed by atoms with Gasteiger partial charge in [0.2, 0.25) is 0 Å². The number of halogens is 1. The second kappa shape index (κ2) is 5.02. The Labute approximate surface area is 129 Å². The van der Waals surface area contributed by atoms with Gasteiger partial charge in [0, 0.05) is 12.1 Å². The Bertz CT molecular complexity index is 577. The third-order valence-corrected chi connectivity index (χ3v) is 4.12. The number of rotatable bonds is 1. The molecular formula is C16H19ClN2O2. The van der Waals surface area contributed by atoms with Gasteiger partial charge >= 0.3 is 6.09 Å². The van der Waals surface area contributed by atoms with Crippen molar-refractivity contribution in [3.8, 4) is 0 Å². The fraction of sp³-hybridized carbons (Fsp3) is 0.500. The van der Waals surface area contributed by atoms with Crippen LogP contribution in [0.15, 0.2) is 30.5 Å². The van der Waals surface area contributed by atoms with Gasteiger partial charge < -0.3 is 4.74 Å². The van der Waals surface area contributed by atoms with Crippen LogP contribution >= 0.6 is 11.6 Å². The van der Waals surface area contributed by atoms with E-state index in [4.69, 9.17) is 16.3 Å². The van der Waals surface area contributed by atoms with Gasteiger partial charge in [0.15, 0.2) is 0 Å². The fourth-order valence-corrected chi connectivity index (χ4v) is 3.19. The molecule has 3 heterocycles. The second-order valence-corrected chi connectivity index (χ2v) is 6.97. The molecule has 5 heteroatoms. The third-order valence-electron chi connectivity index (χ3n) is 3.90. The lowest BCUT2D eigenvalue weighted by Crippen LogP contribution is -2.40. The van der Waals surface area contributed by atoms with Crippen LogP contribution in [0, 0.1) is 0 Å². The van der Waals surface area contributed by atoms with Crippen molar-refractivity contribution in [2.24, 2.45) is 0 Å². The molecule has 0 saturated carbocycles. The molecule has 1 aromatic heterocycles. The van der Waals surface area contributed by atoms with Crippen molar-refractivity contribution in [1.29, 1.82) is 0 Å². The van der Waals surface area contributed by atoms with Crippen molar-refractivity contribution in [3.05, 3.63) is 41.2 Å². The number of hydrogen-bond acceptors (Lipinski definition) is 3. The van der Waals surface area contributed by atoms with E-state index in [0.29, 0.717) is 5.15 Å². The smallest absolute Gasteiger partial charge is 0.411 e. The van der Waals surface area contributed by atoms with Crippen molar-refractivity contribution < 1.29 is 9.53 Å². The molecule has 4 nitrogen and oxygen atoms in total. The number of amides is 1. The second-order valence-electron chi connectivity index (χ2n) is 6.59. The summed E-state index contributed by atoms with van der Waals surface area (Å²) in [4.78, 5) is 18.4. The molecule has 0 aliphatic carbocycles. The van der Waals surface area contributed by atoms with Gasteiger partial charge in [-0.3, -0.25) is 4.90 Å². The van der Waals surface area contributed by atoms with Crippen molar-refractivity contribution >= 4 is 17.7 Å². The average Bonchev–Trinajstić information content (AvgIpc) is 2.95. The third kappa shape index (κ3) is 2.77. The number of carbonyl (C=O) groups is 1. The lowest BCUT2D eigenvalue weighted by Gasteiger charge is -2.28. The molecule has 1 unspecified atom stereocenters. The zero-order valence-corrected chi connectivity index (χ0v) is 13.2. The zero-order chi connectivity index (χ0) is 15.2. The number of carbonyl (C=O) groups excluding carboxylic acids is 1. The lowest BCUT2D eigenvalue weighted by atomic mass is 9.88. The summed E-state index contributed by atoms with van der Waals surface area (Å²) in [5.41, 5.74) is 0.640. The molecular weight excluding hydrogens is 288 g/mol. The summed E-state index contributed by atoms with van der Waals surface area (Å²) in [6.07, 6.45) is 6.65. The monoisotopic (exact) mass is 306 g/mol. The molecule has 2 bridgehead atoms. The van der Waals surface area contributed by atoms with E-state index in [1.54, 1.807) is 12.3 Å². The van der Waals surface area contributed by atoms with E-state index in [-0.39, 0.29) is 24.1 Å². The number of hydrogen-bond donors (Lipinski definition) is 0. The van der Waals surface area contributed by atoms with E-state index >= 15 is 0 Å². The maximum Gasteiger partial charge on any atom is 0.411 e. The first-order valence-electron chi connectivity index (χ1n) is 7.16. The van der Waals surface area contributed by atoms with Crippen molar-refractivity contribution in [2.45, 2.75) is 50.8 Å². The van der Waals surface area contributed by atoms with Crippen molar-refractivity contribution in [2.75, 3.05) is 0 Å². The van der Waals surface area contributed by atoms with E-state index in [1.807, 2.05) is 31.7 Å². The van der Waals surface area contributed by atoms with Crippen LogP contribution in [0.5, 0.6) is 0 Å². The predicted octanol–water partition coefficient (Wildman–Crippen LogP) is 3.77. The first-order valence-corrected chi connectivity index (χ1v) is 7.54. The molecule has 2 aliphatic heterocycles. The average molecular weight is 307 g/mol. The van der Waals surface area contributed by atoms with Gasteiger partial charge in [-0.25, -0.2) is 9.78 Å². The quantitative estimate of drug-likeness (QED) is 0.586. The summed E-state index contributed by atoms with van der Waals surface area (Å²) in [5.74, 6) is 0.261. The summed E-state index contributed by atoms with van der Waals surface area (Å²) in [5, 5.41) is 0.487. The van der Waals surface area contributed by atoms with Gasteiger partial charge in [0.1, 0.15) is 10.8 Å². The Morgan fingerprint density at radius 2 is 2.14 bits per heavy atom. The molecule has 1 amide bonds. The fourth-order valence-electron chi connectivity index (χ4n) is 3.08. The van der Waals surface area contributed by atoms with Gasteiger partial charge in [-0.1, -0.05) is 29.8 Å². The highest BCUT2D eigenvalue weighted by Crippen LogP contribution is 2.43. The Morgan fingerprint density at radius 3 is 2.76 bits per heavy atom. The minimum atomic E-state index is -0.476. The summed E-state index contributed by atoms with van der Waals surface area (Å²) in [6, 6.07) is 3.95. The molecule has 1 saturated heterocycles. The molecule has 112 valence electrons. The molecule has 3 rings (SSSR count). The largest absolute Gasteiger partial charge is 0.444 e. The van der Waals surface area contributed by atoms with Gasteiger partial charge in [-0.05, 0) is 38.8 Å². The molecule has 0 N–H and O–H groups in total. The van der Waals surface area contributed by atoms with Crippen LogP contribution < -0.4 is 0 Å². The molecule has 21 heavy (non-hydrogen) atoms. The number of nitrogens with zero attached hydrogens (tertiary/aromatic N) is 2. The molecule has 1 aromatic rings. The highest BCUT2D eigenvalue weighted by Gasteiger charge is 2.47. The molecule has 2 aliphatic rings. The maximum absolute atomic E-state index is 12.4. The molecule has 1 fully saturated rings. The van der Waals surface area contributed by atoms with Gasteiger partial charge in [0.05, 0.1) is 12.1 Å². The van der Waals surface area contributed by atoms with E-state index in [2.05, 4.69) is 17.1 Å². The van der Waals surface area contributed by atoms with Crippen LogP contribution in [-0.2, 0) is 4.74 Å². The van der Waals surface area contributed by atoms with Gasteiger partial charge in [-0.2, -0.15) is 0 Å². The molecule has 3 atom stereocenters. The van der Waals surface area contributed by atoms with Crippen LogP contribution in [0.25, 0.3) is 0 Å². The number of fused-ring (bicyclic) bond motifs is 2. The Kier molecular flexibility index (Phi) is 3.44. The zero-order valence-electron chi connectivity index (χ0n) is 12.4. The Hall–Kier alpha value is -1.55. The number of pyridine rings is 1. The first-order chi connectivity index (χ1) is 9.85. The van der Waals surface area contributed by atoms with E-state index in [0.717, 1.165) is 12.0 Å². The van der Waals surface area contributed by atoms with Crippen LogP contribution in [0.1, 0.15) is 38.7 Å². The van der Waals surface area contributed by atoms with Crippen LogP contribution in [0.3, 0.4) is 0 Å². The topological polar surface area (TPSA) is 42.4 Å². The SMILES string of the molecule is CC(C)(C)OC(=O)N1[C@@H]2C=C[C@H]1CC2c1ccc(Cl)nc1. The van der Waals surface area contributed by atoms with Crippen LogP contribution in [0.4, 0.5) is 4.79 Å². The Balaban J connectivity index is 1.79. The highest BCUT2D eigenvalue weighted by atomic mass is 35.5. The maximum atomic E-state index is 12.4. The van der Waals surface area contributed by atoms with Gasteiger partial charge in [0.25, 0.3) is 0 Å². The predicted molar refractivity (Wildman–Crippen MR) is 81.4 cm³/mol. The normalized spacial score (nSPS) is 27.2. The molecule has 0 radical (unpaired) electrons. The van der Waals surface area contributed by atoms with Gasteiger partial charge in [-0.15, -0.1) is 0 Å². The van der Waals surface area contributed by atoms with Crippen molar-refractivity contribution in [1.82, 2.24) is 9.88 Å². The number of aromatic nitrogens is 1.